The molecule has 1 heterocycles. The molecule has 0 N–H and O–H groups in total. The molecule has 88 valence electrons. The highest BCUT2D eigenvalue weighted by Crippen LogP contribution is 2.40. The molecular formula is C11H18BrF2N. The van der Waals surface area contributed by atoms with Crippen molar-refractivity contribution >= 4 is 15.9 Å². The SMILES string of the molecule is FC1(F)CCCC1CN1CCC(Br)CC1. The Balaban J connectivity index is 1.81. The molecule has 0 amide bonds. The van der Waals surface area contributed by atoms with Gasteiger partial charge in [-0.3, -0.25) is 0 Å². The van der Waals surface area contributed by atoms with Gasteiger partial charge >= 0.3 is 0 Å². The van der Waals surface area contributed by atoms with Gasteiger partial charge in [0.25, 0.3) is 5.92 Å². The summed E-state index contributed by atoms with van der Waals surface area (Å²) in [5.41, 5.74) is 0. The molecule has 1 saturated carbocycles. The highest BCUT2D eigenvalue weighted by Gasteiger charge is 2.44. The lowest BCUT2D eigenvalue weighted by Crippen LogP contribution is -2.40. The predicted octanol–water partition coefficient (Wildman–Crippen LogP) is 3.28. The van der Waals surface area contributed by atoms with Gasteiger partial charge in [0.1, 0.15) is 0 Å². The van der Waals surface area contributed by atoms with Crippen LogP contribution in [0.2, 0.25) is 0 Å². The van der Waals surface area contributed by atoms with Crippen molar-refractivity contribution in [2.24, 2.45) is 5.92 Å². The smallest absolute Gasteiger partial charge is 0.252 e. The van der Waals surface area contributed by atoms with E-state index in [1.807, 2.05) is 0 Å². The fourth-order valence-electron chi connectivity index (χ4n) is 2.62. The lowest BCUT2D eigenvalue weighted by Gasteiger charge is -2.32. The molecule has 1 aliphatic heterocycles. The summed E-state index contributed by atoms with van der Waals surface area (Å²) < 4.78 is 26.8. The Labute approximate surface area is 98.3 Å². The summed E-state index contributed by atoms with van der Waals surface area (Å²) in [6.45, 7) is 2.55. The van der Waals surface area contributed by atoms with Crippen molar-refractivity contribution in [3.63, 3.8) is 0 Å². The lowest BCUT2D eigenvalue weighted by atomic mass is 10.0. The Morgan fingerprint density at radius 3 is 2.40 bits per heavy atom. The Kier molecular flexibility index (Phi) is 3.66. The van der Waals surface area contributed by atoms with E-state index in [1.54, 1.807) is 0 Å². The molecule has 0 radical (unpaired) electrons. The Morgan fingerprint density at radius 1 is 1.20 bits per heavy atom. The van der Waals surface area contributed by atoms with Gasteiger partial charge in [-0.05, 0) is 38.8 Å². The first-order chi connectivity index (χ1) is 7.08. The van der Waals surface area contributed by atoms with Crippen LogP contribution in [-0.4, -0.2) is 35.3 Å². The van der Waals surface area contributed by atoms with Crippen LogP contribution in [0, 0.1) is 5.92 Å². The topological polar surface area (TPSA) is 3.24 Å². The summed E-state index contributed by atoms with van der Waals surface area (Å²) in [5, 5.41) is 0. The van der Waals surface area contributed by atoms with Crippen molar-refractivity contribution in [3.8, 4) is 0 Å². The molecule has 2 rings (SSSR count). The van der Waals surface area contributed by atoms with Crippen LogP contribution in [0.5, 0.6) is 0 Å². The van der Waals surface area contributed by atoms with Crippen molar-refractivity contribution < 1.29 is 8.78 Å². The number of likely N-dealkylation sites (tertiary alicyclic amines) is 1. The third-order valence-corrected chi connectivity index (χ3v) is 4.57. The van der Waals surface area contributed by atoms with E-state index in [2.05, 4.69) is 20.8 Å². The van der Waals surface area contributed by atoms with Gasteiger partial charge in [0.2, 0.25) is 0 Å². The van der Waals surface area contributed by atoms with E-state index >= 15 is 0 Å². The summed E-state index contributed by atoms with van der Waals surface area (Å²) in [6, 6.07) is 0. The van der Waals surface area contributed by atoms with Crippen LogP contribution < -0.4 is 0 Å². The van der Waals surface area contributed by atoms with Crippen LogP contribution in [-0.2, 0) is 0 Å². The van der Waals surface area contributed by atoms with Crippen LogP contribution >= 0.6 is 15.9 Å². The molecule has 0 aromatic rings. The minimum atomic E-state index is -2.40. The molecule has 2 fully saturated rings. The first-order valence-electron chi connectivity index (χ1n) is 5.82. The molecule has 2 aliphatic rings. The molecule has 1 aliphatic carbocycles. The van der Waals surface area contributed by atoms with Gasteiger partial charge in [-0.15, -0.1) is 0 Å². The first kappa shape index (κ1) is 11.8. The van der Waals surface area contributed by atoms with Crippen molar-refractivity contribution in [2.75, 3.05) is 19.6 Å². The fraction of sp³-hybridized carbons (Fsp3) is 1.00. The van der Waals surface area contributed by atoms with Crippen LogP contribution in [0.25, 0.3) is 0 Å². The number of hydrogen-bond acceptors (Lipinski definition) is 1. The standard InChI is InChI=1S/C11H18BrF2N/c12-10-3-6-15(7-4-10)8-9-2-1-5-11(9,13)14/h9-10H,1-8H2. The van der Waals surface area contributed by atoms with Crippen LogP contribution in [0.4, 0.5) is 8.78 Å². The zero-order chi connectivity index (χ0) is 10.9. The number of nitrogens with zero attached hydrogens (tertiary/aromatic N) is 1. The third kappa shape index (κ3) is 2.90. The maximum atomic E-state index is 13.4. The van der Waals surface area contributed by atoms with Gasteiger partial charge < -0.3 is 4.90 Å². The zero-order valence-corrected chi connectivity index (χ0v) is 10.5. The quantitative estimate of drug-likeness (QED) is 0.703. The summed E-state index contributed by atoms with van der Waals surface area (Å²) in [4.78, 5) is 2.81. The molecule has 1 unspecified atom stereocenters. The van der Waals surface area contributed by atoms with E-state index < -0.39 is 5.92 Å². The molecule has 0 bridgehead atoms. The number of rotatable bonds is 2. The minimum Gasteiger partial charge on any atom is -0.303 e. The second kappa shape index (κ2) is 4.66. The van der Waals surface area contributed by atoms with Gasteiger partial charge in [0.15, 0.2) is 0 Å². The second-order valence-corrected chi connectivity index (χ2v) is 6.12. The van der Waals surface area contributed by atoms with E-state index in [9.17, 15) is 8.78 Å². The van der Waals surface area contributed by atoms with E-state index in [0.717, 1.165) is 25.9 Å². The minimum absolute atomic E-state index is 0.104. The van der Waals surface area contributed by atoms with Crippen molar-refractivity contribution in [3.05, 3.63) is 0 Å². The number of piperidine rings is 1. The molecule has 1 nitrogen and oxygen atoms in total. The highest BCUT2D eigenvalue weighted by molar-refractivity contribution is 9.09. The number of halogens is 3. The van der Waals surface area contributed by atoms with Gasteiger partial charge in [0, 0.05) is 23.7 Å². The van der Waals surface area contributed by atoms with Gasteiger partial charge in [-0.25, -0.2) is 8.78 Å². The van der Waals surface area contributed by atoms with Crippen LogP contribution in [0.3, 0.4) is 0 Å². The normalized spacial score (nSPS) is 33.4. The third-order valence-electron chi connectivity index (χ3n) is 3.66. The van der Waals surface area contributed by atoms with Gasteiger partial charge in [-0.1, -0.05) is 15.9 Å². The van der Waals surface area contributed by atoms with E-state index in [-0.39, 0.29) is 12.3 Å². The maximum Gasteiger partial charge on any atom is 0.252 e. The summed E-state index contributed by atoms with van der Waals surface area (Å²) in [6.07, 6.45) is 3.71. The van der Waals surface area contributed by atoms with E-state index in [0.29, 0.717) is 24.2 Å². The zero-order valence-electron chi connectivity index (χ0n) is 8.89. The summed E-state index contributed by atoms with van der Waals surface area (Å²) in [5.74, 6) is -2.78. The summed E-state index contributed by atoms with van der Waals surface area (Å²) in [7, 11) is 0. The van der Waals surface area contributed by atoms with Crippen LogP contribution in [0.15, 0.2) is 0 Å². The molecule has 4 heteroatoms. The van der Waals surface area contributed by atoms with Gasteiger partial charge in [-0.2, -0.15) is 0 Å². The first-order valence-corrected chi connectivity index (χ1v) is 6.74. The predicted molar refractivity (Wildman–Crippen MR) is 60.7 cm³/mol. The number of alkyl halides is 3. The average molecular weight is 282 g/mol. The summed E-state index contributed by atoms with van der Waals surface area (Å²) >= 11 is 3.58. The molecule has 15 heavy (non-hydrogen) atoms. The highest BCUT2D eigenvalue weighted by atomic mass is 79.9. The van der Waals surface area contributed by atoms with E-state index in [1.165, 1.54) is 0 Å². The second-order valence-electron chi connectivity index (χ2n) is 4.83. The molecule has 1 atom stereocenters. The van der Waals surface area contributed by atoms with Crippen molar-refractivity contribution in [1.29, 1.82) is 0 Å². The molecule has 0 aromatic carbocycles. The Bertz CT molecular complexity index is 215. The maximum absolute atomic E-state index is 13.4. The Hall–Kier alpha value is 0.300. The fourth-order valence-corrected chi connectivity index (χ4v) is 3.03. The van der Waals surface area contributed by atoms with Crippen molar-refractivity contribution in [2.45, 2.75) is 42.9 Å². The van der Waals surface area contributed by atoms with Crippen molar-refractivity contribution in [1.82, 2.24) is 4.90 Å². The average Bonchev–Trinajstić information content (AvgIpc) is 2.50. The monoisotopic (exact) mass is 281 g/mol. The van der Waals surface area contributed by atoms with Gasteiger partial charge in [0.05, 0.1) is 0 Å². The number of hydrogen-bond donors (Lipinski definition) is 0. The van der Waals surface area contributed by atoms with E-state index in [4.69, 9.17) is 0 Å². The molecular weight excluding hydrogens is 264 g/mol. The molecule has 1 saturated heterocycles. The largest absolute Gasteiger partial charge is 0.303 e. The van der Waals surface area contributed by atoms with Crippen LogP contribution in [0.1, 0.15) is 32.1 Å². The Morgan fingerprint density at radius 2 is 1.87 bits per heavy atom. The molecule has 0 spiro atoms. The lowest BCUT2D eigenvalue weighted by molar-refractivity contribution is -0.0485. The molecule has 0 aromatic heterocycles.